The molecule has 14 heavy (non-hydrogen) atoms. The maximum atomic E-state index is 8.45. The molecule has 0 radical (unpaired) electrons. The van der Waals surface area contributed by atoms with Crippen molar-refractivity contribution in [2.24, 2.45) is 5.41 Å². The number of carbonyl (C=O) groups excluding carboxylic acids is 1. The molecule has 3 heteroatoms. The maximum Gasteiger partial charge on any atom is 2.00 e. The summed E-state index contributed by atoms with van der Waals surface area (Å²) in [6.07, 6.45) is 3.44. The molecule has 0 bridgehead atoms. The first kappa shape index (κ1) is 16.5. The number of hydrogen-bond acceptors (Lipinski definition) is 1. The molecule has 0 N–H and O–H groups in total. The van der Waals surface area contributed by atoms with Crippen molar-refractivity contribution >= 4 is 17.3 Å². The summed E-state index contributed by atoms with van der Waals surface area (Å²) in [4.78, 5) is 8.45. The van der Waals surface area contributed by atoms with Crippen LogP contribution < -0.4 is 0 Å². The van der Waals surface area contributed by atoms with E-state index in [1.165, 1.54) is 16.7 Å². The first-order valence-corrected chi connectivity index (χ1v) is 4.52. The van der Waals surface area contributed by atoms with Crippen LogP contribution >= 0.6 is 11.6 Å². The van der Waals surface area contributed by atoms with E-state index in [4.69, 9.17) is 4.79 Å². The molecule has 1 aliphatic carbocycles. The Morgan fingerprint density at radius 1 is 1.29 bits per heavy atom. The Hall–Kier alpha value is 0.0634. The molecule has 0 aromatic heterocycles. The monoisotopic (exact) mass is 300 g/mol. The molecule has 0 heterocycles. The quantitative estimate of drug-likeness (QED) is 0.381. The van der Waals surface area contributed by atoms with E-state index in [9.17, 15) is 0 Å². The second kappa shape index (κ2) is 6.53. The van der Waals surface area contributed by atoms with E-state index in [0.717, 1.165) is 5.75 Å². The van der Waals surface area contributed by atoms with Crippen LogP contribution in [-0.4, -0.2) is 5.75 Å². The minimum atomic E-state index is 0. The van der Waals surface area contributed by atoms with Crippen LogP contribution in [0.2, 0.25) is 0 Å². The molecule has 0 saturated carbocycles. The van der Waals surface area contributed by atoms with Gasteiger partial charge in [0.05, 0.1) is 0 Å². The van der Waals surface area contributed by atoms with E-state index in [1.54, 1.807) is 0 Å². The van der Waals surface area contributed by atoms with Crippen LogP contribution in [0.15, 0.2) is 16.7 Å². The van der Waals surface area contributed by atoms with E-state index < -0.39 is 0 Å². The fourth-order valence-corrected chi connectivity index (χ4v) is 1.41. The molecule has 80 valence electrons. The Balaban J connectivity index is 0. The van der Waals surface area contributed by atoms with Gasteiger partial charge in [-0.25, -0.2) is 5.57 Å². The Kier molecular flexibility index (Phi) is 7.69. The van der Waals surface area contributed by atoms with E-state index >= 15 is 0 Å². The first-order valence-electron chi connectivity index (χ1n) is 4.14. The predicted octanol–water partition coefficient (Wildman–Crippen LogP) is 3.40. The van der Waals surface area contributed by atoms with Crippen LogP contribution in [0.4, 0.5) is 0 Å². The third kappa shape index (κ3) is 4.06. The van der Waals surface area contributed by atoms with Gasteiger partial charge in [0.2, 0.25) is 0 Å². The smallest absolute Gasteiger partial charge is 0.525 e. The van der Waals surface area contributed by atoms with Crippen molar-refractivity contribution in [2.75, 3.05) is 0 Å². The van der Waals surface area contributed by atoms with Crippen molar-refractivity contribution in [1.29, 1.82) is 0 Å². The molecule has 0 aromatic carbocycles. The second-order valence-corrected chi connectivity index (χ2v) is 3.86. The summed E-state index contributed by atoms with van der Waals surface area (Å²) in [6.45, 7) is 10.9. The standard InChI is InChI=1S/C10H15.CClO.Ru/c1-7-6-10(4,5)9(3)8(7)2;2-1-3;/h1-5H3;;/q2*-1;+2. The molecule has 0 unspecified atom stereocenters. The average molecular weight is 300 g/mol. The van der Waals surface area contributed by atoms with Crippen molar-refractivity contribution in [3.63, 3.8) is 0 Å². The van der Waals surface area contributed by atoms with Gasteiger partial charge in [-0.3, -0.25) is 6.08 Å². The zero-order valence-corrected chi connectivity index (χ0v) is 11.6. The summed E-state index contributed by atoms with van der Waals surface area (Å²) >= 11 is 4.19. The first-order chi connectivity index (χ1) is 5.86. The summed E-state index contributed by atoms with van der Waals surface area (Å²) < 4.78 is 0. The number of allylic oxidation sites excluding steroid dienone is 4. The van der Waals surface area contributed by atoms with Crippen LogP contribution in [0.1, 0.15) is 34.6 Å². The fraction of sp³-hybridized carbons (Fsp3) is 0.545. The van der Waals surface area contributed by atoms with Crippen molar-refractivity contribution in [1.82, 2.24) is 0 Å². The fourth-order valence-electron chi connectivity index (χ4n) is 1.41. The molecule has 0 fully saturated rings. The summed E-state index contributed by atoms with van der Waals surface area (Å²) in [5.74, 6) is 0.972. The van der Waals surface area contributed by atoms with Crippen LogP contribution in [0, 0.1) is 11.5 Å². The Morgan fingerprint density at radius 3 is 1.71 bits per heavy atom. The Bertz CT molecular complexity index is 264. The molecule has 0 aliphatic heterocycles. The molecule has 0 saturated heterocycles. The number of rotatable bonds is 0. The van der Waals surface area contributed by atoms with Crippen molar-refractivity contribution < 1.29 is 24.3 Å². The van der Waals surface area contributed by atoms with E-state index in [1.807, 2.05) is 0 Å². The molecule has 0 aromatic rings. The molecule has 1 nitrogen and oxygen atoms in total. The number of hydrogen-bond donors (Lipinski definition) is 0. The van der Waals surface area contributed by atoms with Gasteiger partial charge in [-0.15, -0.1) is 6.92 Å². The number of halogens is 1. The minimum Gasteiger partial charge on any atom is -0.525 e. The molecule has 0 spiro atoms. The van der Waals surface area contributed by atoms with Crippen LogP contribution in [0.3, 0.4) is 0 Å². The largest absolute Gasteiger partial charge is 2.00 e. The van der Waals surface area contributed by atoms with Gasteiger partial charge in [-0.2, -0.15) is 16.9 Å². The second-order valence-electron chi connectivity index (χ2n) is 3.70. The van der Waals surface area contributed by atoms with Crippen molar-refractivity contribution in [3.8, 4) is 0 Å². The van der Waals surface area contributed by atoms with Crippen molar-refractivity contribution in [3.05, 3.63) is 22.8 Å². The van der Waals surface area contributed by atoms with Gasteiger partial charge in [0.25, 0.3) is 0 Å². The van der Waals surface area contributed by atoms with Gasteiger partial charge < -0.3 is 16.4 Å². The summed E-state index contributed by atoms with van der Waals surface area (Å²) in [5.41, 5.74) is 4.39. The van der Waals surface area contributed by atoms with Gasteiger partial charge in [0.1, 0.15) is 0 Å². The molecule has 1 aliphatic rings. The van der Waals surface area contributed by atoms with Gasteiger partial charge in [-0.05, 0) is 0 Å². The van der Waals surface area contributed by atoms with Crippen LogP contribution in [-0.2, 0) is 24.3 Å². The SMILES string of the molecule is CC1=[C-]C(C)(C)C(C)=C1C.O=[C-]Cl.[Ru+2]. The van der Waals surface area contributed by atoms with Gasteiger partial charge in [0.15, 0.2) is 0 Å². The van der Waals surface area contributed by atoms with Gasteiger partial charge >= 0.3 is 19.5 Å². The zero-order chi connectivity index (χ0) is 10.6. The maximum absolute atomic E-state index is 8.45. The third-order valence-electron chi connectivity index (χ3n) is 2.56. The molecular weight excluding hydrogens is 285 g/mol. The van der Waals surface area contributed by atoms with E-state index in [2.05, 4.69) is 52.3 Å². The van der Waals surface area contributed by atoms with E-state index in [0.29, 0.717) is 0 Å². The molecule has 1 rings (SSSR count). The van der Waals surface area contributed by atoms with Gasteiger partial charge in [-0.1, -0.05) is 33.1 Å². The predicted molar refractivity (Wildman–Crippen MR) is 56.1 cm³/mol. The zero-order valence-electron chi connectivity index (χ0n) is 9.14. The molecule has 0 amide bonds. The summed E-state index contributed by atoms with van der Waals surface area (Å²) in [7, 11) is 0. The van der Waals surface area contributed by atoms with Gasteiger partial charge in [0, 0.05) is 0 Å². The Morgan fingerprint density at radius 2 is 1.64 bits per heavy atom. The topological polar surface area (TPSA) is 17.1 Å². The molecule has 0 atom stereocenters. The summed E-state index contributed by atoms with van der Waals surface area (Å²) in [5, 5.41) is 0. The molecular formula is C11H15ClORu. The average Bonchev–Trinajstić information content (AvgIpc) is 2.16. The normalized spacial score (nSPS) is 17.7. The Labute approximate surface area is 104 Å². The van der Waals surface area contributed by atoms with Crippen LogP contribution in [0.25, 0.3) is 0 Å². The minimum absolute atomic E-state index is 0. The summed E-state index contributed by atoms with van der Waals surface area (Å²) in [6, 6.07) is 0. The van der Waals surface area contributed by atoms with Crippen molar-refractivity contribution in [2.45, 2.75) is 34.6 Å². The third-order valence-corrected chi connectivity index (χ3v) is 2.56. The van der Waals surface area contributed by atoms with Crippen LogP contribution in [0.5, 0.6) is 0 Å². The van der Waals surface area contributed by atoms with E-state index in [-0.39, 0.29) is 24.9 Å².